The van der Waals surface area contributed by atoms with E-state index in [4.69, 9.17) is 4.74 Å². The molecular formula is C28H40ClNO3. The van der Waals surface area contributed by atoms with Crippen LogP contribution in [0.15, 0.2) is 42.5 Å². The first kappa shape index (κ1) is 27.2. The summed E-state index contributed by atoms with van der Waals surface area (Å²) >= 11 is 0. The van der Waals surface area contributed by atoms with Crippen LogP contribution in [0.4, 0.5) is 0 Å². The topological polar surface area (TPSA) is 49.8 Å². The lowest BCUT2D eigenvalue weighted by Gasteiger charge is -2.33. The van der Waals surface area contributed by atoms with Gasteiger partial charge in [0.1, 0.15) is 11.5 Å². The van der Waals surface area contributed by atoms with Crippen LogP contribution in [-0.4, -0.2) is 34.6 Å². The Morgan fingerprint density at radius 1 is 1.03 bits per heavy atom. The van der Waals surface area contributed by atoms with Crippen LogP contribution in [-0.2, 0) is 4.79 Å². The van der Waals surface area contributed by atoms with Crippen LogP contribution >= 0.6 is 12.4 Å². The van der Waals surface area contributed by atoms with E-state index in [0.717, 1.165) is 49.8 Å². The number of carbonyl (C=O) groups is 1. The smallest absolute Gasteiger partial charge is 0.314 e. The molecule has 0 aromatic heterocycles. The summed E-state index contributed by atoms with van der Waals surface area (Å²) in [6.07, 6.45) is 4.87. The molecular weight excluding hydrogens is 434 g/mol. The maximum Gasteiger partial charge on any atom is 0.314 e. The zero-order valence-electron chi connectivity index (χ0n) is 20.7. The molecule has 0 spiro atoms. The van der Waals surface area contributed by atoms with E-state index in [2.05, 4.69) is 44.7 Å². The molecule has 3 rings (SSSR count). The van der Waals surface area contributed by atoms with E-state index >= 15 is 0 Å². The Balaban J connectivity index is 0.00000385. The van der Waals surface area contributed by atoms with Gasteiger partial charge in [-0.3, -0.25) is 9.69 Å². The number of rotatable bonds is 9. The summed E-state index contributed by atoms with van der Waals surface area (Å²) in [5, 5.41) is 10.6. The molecule has 0 aliphatic heterocycles. The molecule has 1 atom stereocenters. The van der Waals surface area contributed by atoms with Crippen molar-refractivity contribution in [1.29, 1.82) is 0 Å². The fourth-order valence-electron chi connectivity index (χ4n) is 5.12. The first-order chi connectivity index (χ1) is 15.3. The number of ether oxygens (including phenoxy) is 1. The Labute approximate surface area is 205 Å². The fourth-order valence-corrected chi connectivity index (χ4v) is 5.12. The van der Waals surface area contributed by atoms with E-state index in [1.807, 2.05) is 25.1 Å². The third-order valence-corrected chi connectivity index (χ3v) is 6.90. The summed E-state index contributed by atoms with van der Waals surface area (Å²) in [7, 11) is 0. The van der Waals surface area contributed by atoms with E-state index < -0.39 is 0 Å². The number of hydrogen-bond donors (Lipinski definition) is 1. The lowest BCUT2D eigenvalue weighted by Crippen LogP contribution is -2.38. The van der Waals surface area contributed by atoms with E-state index in [9.17, 15) is 9.90 Å². The van der Waals surface area contributed by atoms with Crippen molar-refractivity contribution < 1.29 is 14.6 Å². The lowest BCUT2D eigenvalue weighted by molar-refractivity contribution is -0.138. The van der Waals surface area contributed by atoms with E-state index in [-0.39, 0.29) is 36.0 Å². The minimum Gasteiger partial charge on any atom is -0.508 e. The summed E-state index contributed by atoms with van der Waals surface area (Å²) < 4.78 is 6.01. The van der Waals surface area contributed by atoms with Crippen LogP contribution in [0.2, 0.25) is 0 Å². The predicted molar refractivity (Wildman–Crippen MR) is 138 cm³/mol. The van der Waals surface area contributed by atoms with Gasteiger partial charge in [-0.05, 0) is 83.7 Å². The number of phenols is 1. The number of phenolic OH excluding ortho intramolecular Hbond substituents is 1. The Morgan fingerprint density at radius 3 is 2.21 bits per heavy atom. The molecule has 5 heteroatoms. The van der Waals surface area contributed by atoms with Crippen molar-refractivity contribution in [2.24, 2.45) is 5.92 Å². The molecule has 0 saturated heterocycles. The first-order valence-electron chi connectivity index (χ1n) is 12.1. The molecule has 33 heavy (non-hydrogen) atoms. The van der Waals surface area contributed by atoms with E-state index in [1.165, 1.54) is 5.56 Å². The molecule has 0 bridgehead atoms. The van der Waals surface area contributed by atoms with Crippen molar-refractivity contribution in [2.45, 2.75) is 84.7 Å². The largest absolute Gasteiger partial charge is 0.508 e. The summed E-state index contributed by atoms with van der Waals surface area (Å²) in [6, 6.07) is 14.7. The predicted octanol–water partition coefficient (Wildman–Crippen LogP) is 6.86. The summed E-state index contributed by atoms with van der Waals surface area (Å²) in [4.78, 5) is 15.4. The molecule has 1 saturated carbocycles. The second-order valence-corrected chi connectivity index (χ2v) is 9.70. The minimum absolute atomic E-state index is 0. The van der Waals surface area contributed by atoms with Crippen molar-refractivity contribution in [3.8, 4) is 11.5 Å². The molecule has 1 aliphatic carbocycles. The van der Waals surface area contributed by atoms with Gasteiger partial charge in [0.05, 0.1) is 5.92 Å². The molecule has 182 valence electrons. The number of benzene rings is 2. The average Bonchev–Trinajstić information content (AvgIpc) is 3.30. The lowest BCUT2D eigenvalue weighted by atomic mass is 9.84. The molecule has 1 aliphatic rings. The van der Waals surface area contributed by atoms with Gasteiger partial charge in [0, 0.05) is 23.6 Å². The van der Waals surface area contributed by atoms with E-state index in [1.54, 1.807) is 12.1 Å². The van der Waals surface area contributed by atoms with Crippen LogP contribution in [0.1, 0.15) is 82.4 Å². The summed E-state index contributed by atoms with van der Waals surface area (Å²) in [5.74, 6) is 0.712. The normalized spacial score (nSPS) is 15.2. The maximum absolute atomic E-state index is 12.9. The molecule has 2 aromatic rings. The minimum atomic E-state index is -0.133. The van der Waals surface area contributed by atoms with Crippen LogP contribution in [0.5, 0.6) is 11.5 Å². The third-order valence-electron chi connectivity index (χ3n) is 6.90. The Bertz CT molecular complexity index is 884. The van der Waals surface area contributed by atoms with Crippen molar-refractivity contribution in [3.05, 3.63) is 59.2 Å². The van der Waals surface area contributed by atoms with Gasteiger partial charge >= 0.3 is 5.97 Å². The molecule has 1 fully saturated rings. The Morgan fingerprint density at radius 2 is 1.64 bits per heavy atom. The second-order valence-electron chi connectivity index (χ2n) is 9.70. The van der Waals surface area contributed by atoms with Crippen LogP contribution in [0.25, 0.3) is 0 Å². The van der Waals surface area contributed by atoms with Gasteiger partial charge in [-0.15, -0.1) is 12.4 Å². The quantitative estimate of drug-likeness (QED) is 0.319. The van der Waals surface area contributed by atoms with Crippen LogP contribution < -0.4 is 4.74 Å². The second kappa shape index (κ2) is 12.4. The van der Waals surface area contributed by atoms with Crippen LogP contribution in [0.3, 0.4) is 0 Å². The molecule has 0 radical (unpaired) electrons. The van der Waals surface area contributed by atoms with Crippen molar-refractivity contribution >= 4 is 18.4 Å². The van der Waals surface area contributed by atoms with Crippen molar-refractivity contribution in [1.82, 2.24) is 4.90 Å². The van der Waals surface area contributed by atoms with Gasteiger partial charge in [0.15, 0.2) is 0 Å². The third kappa shape index (κ3) is 6.74. The Kier molecular flexibility index (Phi) is 10.2. The molecule has 1 N–H and O–H groups in total. The summed E-state index contributed by atoms with van der Waals surface area (Å²) in [6.45, 7) is 11.8. The average molecular weight is 474 g/mol. The molecule has 2 aromatic carbocycles. The molecule has 0 heterocycles. The highest BCUT2D eigenvalue weighted by Crippen LogP contribution is 2.41. The number of aromatic hydroxyl groups is 1. The van der Waals surface area contributed by atoms with Gasteiger partial charge in [0.25, 0.3) is 0 Å². The number of hydrogen-bond acceptors (Lipinski definition) is 4. The van der Waals surface area contributed by atoms with Gasteiger partial charge in [-0.25, -0.2) is 0 Å². The number of esters is 1. The molecule has 4 nitrogen and oxygen atoms in total. The zero-order valence-corrected chi connectivity index (χ0v) is 21.5. The van der Waals surface area contributed by atoms with Gasteiger partial charge < -0.3 is 9.84 Å². The molecule has 0 amide bonds. The SMILES string of the molecule is Cc1c(O)ccc(OC(=O)C2CCCC2)c1[C@H](CCN(C(C)C)C(C)C)c1ccccc1.Cl. The first-order valence-corrected chi connectivity index (χ1v) is 12.1. The van der Waals surface area contributed by atoms with Gasteiger partial charge in [-0.1, -0.05) is 43.2 Å². The van der Waals surface area contributed by atoms with E-state index in [0.29, 0.717) is 17.8 Å². The number of carbonyl (C=O) groups excluding carboxylic acids is 1. The number of halogens is 1. The zero-order chi connectivity index (χ0) is 23.3. The van der Waals surface area contributed by atoms with Gasteiger partial charge in [0.2, 0.25) is 0 Å². The van der Waals surface area contributed by atoms with Crippen molar-refractivity contribution in [2.75, 3.05) is 6.54 Å². The maximum atomic E-state index is 12.9. The van der Waals surface area contributed by atoms with Gasteiger partial charge in [-0.2, -0.15) is 0 Å². The highest BCUT2D eigenvalue weighted by Gasteiger charge is 2.29. The number of nitrogens with zero attached hydrogens (tertiary/aromatic N) is 1. The highest BCUT2D eigenvalue weighted by molar-refractivity contribution is 5.85. The standard InChI is InChI=1S/C28H39NO3.ClH/c1-19(2)29(20(3)4)18-17-24(22-11-7-6-8-12-22)27-21(5)25(30)15-16-26(27)32-28(31)23-13-9-10-14-23;/h6-8,11-12,15-16,19-20,23-24,30H,9-10,13-14,17-18H2,1-5H3;1H/t24-;/m1./s1. The Hall–Kier alpha value is -2.04. The fraction of sp³-hybridized carbons (Fsp3) is 0.536. The van der Waals surface area contributed by atoms with Crippen LogP contribution in [0, 0.1) is 12.8 Å². The molecule has 0 unspecified atom stereocenters. The monoisotopic (exact) mass is 473 g/mol. The highest BCUT2D eigenvalue weighted by atomic mass is 35.5. The summed E-state index contributed by atoms with van der Waals surface area (Å²) in [5.41, 5.74) is 2.89. The van der Waals surface area contributed by atoms with Crippen molar-refractivity contribution in [3.63, 3.8) is 0 Å².